The maximum atomic E-state index is 12.1. The summed E-state index contributed by atoms with van der Waals surface area (Å²) in [5.41, 5.74) is 0.743. The molecule has 132 valence electrons. The molecule has 0 spiro atoms. The molecule has 1 N–H and O–H groups in total. The fourth-order valence-corrected chi connectivity index (χ4v) is 2.85. The molecule has 0 atom stereocenters. The lowest BCUT2D eigenvalue weighted by Gasteiger charge is -2.17. The number of hydrogen-bond donors (Lipinski definition) is 1. The quantitative estimate of drug-likeness (QED) is 0.691. The molecule has 2 aromatic carbocycles. The van der Waals surface area contributed by atoms with Crippen LogP contribution in [0.3, 0.4) is 0 Å². The van der Waals surface area contributed by atoms with E-state index in [1.807, 2.05) is 42.7 Å². The summed E-state index contributed by atoms with van der Waals surface area (Å²) in [6, 6.07) is 14.7. The highest BCUT2D eigenvalue weighted by molar-refractivity contribution is 9.10. The molecule has 25 heavy (non-hydrogen) atoms. The highest BCUT2D eigenvalue weighted by Gasteiger charge is 2.14. The minimum absolute atomic E-state index is 0.0365. The van der Waals surface area contributed by atoms with Gasteiger partial charge in [0.1, 0.15) is 5.75 Å². The third-order valence-electron chi connectivity index (χ3n) is 3.36. The van der Waals surface area contributed by atoms with Crippen molar-refractivity contribution in [1.29, 1.82) is 0 Å². The molecule has 5 nitrogen and oxygen atoms in total. The summed E-state index contributed by atoms with van der Waals surface area (Å²) < 4.78 is 6.37. The highest BCUT2D eigenvalue weighted by atomic mass is 79.9. The van der Waals surface area contributed by atoms with Gasteiger partial charge in [0.15, 0.2) is 6.61 Å². The summed E-state index contributed by atoms with van der Waals surface area (Å²) in [4.78, 5) is 26.6. The number of benzene rings is 2. The zero-order chi connectivity index (χ0) is 18.2. The first kappa shape index (κ1) is 19.3. The molecule has 0 aromatic heterocycles. The SMILES string of the molecule is CSc1ccccc1NC(=O)CN(C)C(=O)COc1ccc(Br)cc1. The van der Waals surface area contributed by atoms with Crippen molar-refractivity contribution in [2.24, 2.45) is 0 Å². The minimum atomic E-state index is -0.267. The Morgan fingerprint density at radius 2 is 1.84 bits per heavy atom. The van der Waals surface area contributed by atoms with Gasteiger partial charge >= 0.3 is 0 Å². The van der Waals surface area contributed by atoms with Gasteiger partial charge in [-0.2, -0.15) is 0 Å². The number of hydrogen-bond acceptors (Lipinski definition) is 4. The van der Waals surface area contributed by atoms with Crippen LogP contribution in [0.2, 0.25) is 0 Å². The zero-order valence-electron chi connectivity index (χ0n) is 14.0. The largest absolute Gasteiger partial charge is 0.484 e. The number of carbonyl (C=O) groups is 2. The molecule has 2 aromatic rings. The molecule has 0 fully saturated rings. The first-order valence-electron chi connectivity index (χ1n) is 7.55. The average molecular weight is 423 g/mol. The fourth-order valence-electron chi connectivity index (χ4n) is 2.03. The van der Waals surface area contributed by atoms with Crippen molar-refractivity contribution in [3.8, 4) is 5.75 Å². The second-order valence-corrected chi connectivity index (χ2v) is 7.00. The molecule has 0 heterocycles. The van der Waals surface area contributed by atoms with Crippen molar-refractivity contribution in [3.05, 3.63) is 53.0 Å². The second-order valence-electron chi connectivity index (χ2n) is 5.24. The van der Waals surface area contributed by atoms with Crippen molar-refractivity contribution in [1.82, 2.24) is 4.90 Å². The van der Waals surface area contributed by atoms with E-state index in [2.05, 4.69) is 21.2 Å². The van der Waals surface area contributed by atoms with Gasteiger partial charge < -0.3 is 15.0 Å². The topological polar surface area (TPSA) is 58.6 Å². The molecular formula is C18H19BrN2O3S. The molecule has 0 aliphatic rings. The number of nitrogens with one attached hydrogen (secondary N) is 1. The van der Waals surface area contributed by atoms with E-state index in [0.717, 1.165) is 15.1 Å². The standard InChI is InChI=1S/C18H19BrN2O3S/c1-21(18(23)12-24-14-9-7-13(19)8-10-14)11-17(22)20-15-5-3-4-6-16(15)25-2/h3-10H,11-12H2,1-2H3,(H,20,22). The maximum Gasteiger partial charge on any atom is 0.260 e. The Hall–Kier alpha value is -1.99. The zero-order valence-corrected chi connectivity index (χ0v) is 16.4. The number of anilines is 1. The lowest BCUT2D eigenvalue weighted by atomic mass is 10.3. The van der Waals surface area contributed by atoms with E-state index < -0.39 is 0 Å². The van der Waals surface area contributed by atoms with Gasteiger partial charge in [0, 0.05) is 16.4 Å². The highest BCUT2D eigenvalue weighted by Crippen LogP contribution is 2.24. The lowest BCUT2D eigenvalue weighted by Crippen LogP contribution is -2.37. The number of thioether (sulfide) groups is 1. The number of ether oxygens (including phenoxy) is 1. The maximum absolute atomic E-state index is 12.1. The molecule has 0 saturated heterocycles. The fraction of sp³-hybridized carbons (Fsp3) is 0.222. The van der Waals surface area contributed by atoms with E-state index in [0.29, 0.717) is 5.75 Å². The van der Waals surface area contributed by atoms with Gasteiger partial charge in [-0.05, 0) is 42.7 Å². The third-order valence-corrected chi connectivity index (χ3v) is 4.69. The first-order chi connectivity index (χ1) is 12.0. The van der Waals surface area contributed by atoms with Crippen LogP contribution in [0.15, 0.2) is 57.9 Å². The Balaban J connectivity index is 1.83. The molecule has 2 amide bonds. The van der Waals surface area contributed by atoms with Gasteiger partial charge in [-0.3, -0.25) is 9.59 Å². The molecular weight excluding hydrogens is 404 g/mol. The van der Waals surface area contributed by atoms with Crippen molar-refractivity contribution in [2.75, 3.05) is 31.8 Å². The van der Waals surface area contributed by atoms with E-state index in [1.54, 1.807) is 30.9 Å². The van der Waals surface area contributed by atoms with Gasteiger partial charge in [0.05, 0.1) is 12.2 Å². The van der Waals surface area contributed by atoms with Crippen LogP contribution in [0, 0.1) is 0 Å². The van der Waals surface area contributed by atoms with Gasteiger partial charge in [0.2, 0.25) is 5.91 Å². The molecule has 0 aliphatic carbocycles. The van der Waals surface area contributed by atoms with Gasteiger partial charge in [-0.15, -0.1) is 11.8 Å². The molecule has 0 aliphatic heterocycles. The number of amides is 2. The van der Waals surface area contributed by atoms with E-state index in [9.17, 15) is 9.59 Å². The van der Waals surface area contributed by atoms with E-state index >= 15 is 0 Å². The van der Waals surface area contributed by atoms with E-state index in [-0.39, 0.29) is 25.0 Å². The summed E-state index contributed by atoms with van der Waals surface area (Å²) >= 11 is 4.89. The smallest absolute Gasteiger partial charge is 0.260 e. The summed E-state index contributed by atoms with van der Waals surface area (Å²) in [7, 11) is 1.58. The number of carbonyl (C=O) groups excluding carboxylic acids is 2. The van der Waals surface area contributed by atoms with Gasteiger partial charge in [-0.1, -0.05) is 28.1 Å². The predicted molar refractivity (Wildman–Crippen MR) is 104 cm³/mol. The van der Waals surface area contributed by atoms with Crippen LogP contribution < -0.4 is 10.1 Å². The Bertz CT molecular complexity index is 737. The van der Waals surface area contributed by atoms with Crippen molar-refractivity contribution < 1.29 is 14.3 Å². The van der Waals surface area contributed by atoms with Gasteiger partial charge in [0.25, 0.3) is 5.91 Å². The van der Waals surface area contributed by atoms with Crippen molar-refractivity contribution >= 4 is 45.2 Å². The Kier molecular flexibility index (Phi) is 7.33. The Morgan fingerprint density at radius 1 is 1.16 bits per heavy atom. The lowest BCUT2D eigenvalue weighted by molar-refractivity contribution is -0.135. The molecule has 0 radical (unpaired) electrons. The van der Waals surface area contributed by atoms with E-state index in [4.69, 9.17) is 4.74 Å². The molecule has 7 heteroatoms. The number of para-hydroxylation sites is 1. The predicted octanol–water partition coefficient (Wildman–Crippen LogP) is 3.65. The molecule has 0 unspecified atom stereocenters. The first-order valence-corrected chi connectivity index (χ1v) is 9.56. The van der Waals surface area contributed by atoms with Crippen LogP contribution >= 0.6 is 27.7 Å². The summed E-state index contributed by atoms with van der Waals surface area (Å²) in [5.74, 6) is 0.0838. The van der Waals surface area contributed by atoms with Crippen LogP contribution in [0.5, 0.6) is 5.75 Å². The van der Waals surface area contributed by atoms with Crippen molar-refractivity contribution in [3.63, 3.8) is 0 Å². The number of nitrogens with zero attached hydrogens (tertiary/aromatic N) is 1. The van der Waals surface area contributed by atoms with Crippen LogP contribution in [-0.4, -0.2) is 43.2 Å². The van der Waals surface area contributed by atoms with Crippen molar-refractivity contribution in [2.45, 2.75) is 4.90 Å². The normalized spacial score (nSPS) is 10.2. The molecule has 2 rings (SSSR count). The summed E-state index contributed by atoms with van der Waals surface area (Å²) in [6.07, 6.45) is 1.94. The van der Waals surface area contributed by atoms with Gasteiger partial charge in [-0.25, -0.2) is 0 Å². The Labute approximate surface area is 159 Å². The monoisotopic (exact) mass is 422 g/mol. The van der Waals surface area contributed by atoms with Crippen LogP contribution in [-0.2, 0) is 9.59 Å². The summed E-state index contributed by atoms with van der Waals surface area (Å²) in [6.45, 7) is -0.155. The summed E-state index contributed by atoms with van der Waals surface area (Å²) in [5, 5.41) is 2.83. The van der Waals surface area contributed by atoms with Crippen LogP contribution in [0.1, 0.15) is 0 Å². The third kappa shape index (κ3) is 6.10. The van der Waals surface area contributed by atoms with E-state index in [1.165, 1.54) is 4.90 Å². The average Bonchev–Trinajstić information content (AvgIpc) is 2.61. The van der Waals surface area contributed by atoms with Crippen LogP contribution in [0.4, 0.5) is 5.69 Å². The molecule has 0 saturated carbocycles. The number of likely N-dealkylation sites (N-methyl/N-ethyl adjacent to an activating group) is 1. The number of halogens is 1. The Morgan fingerprint density at radius 3 is 2.52 bits per heavy atom. The minimum Gasteiger partial charge on any atom is -0.484 e. The van der Waals surface area contributed by atoms with Crippen LogP contribution in [0.25, 0.3) is 0 Å². The molecule has 0 bridgehead atoms. The number of rotatable bonds is 7. The second kappa shape index (κ2) is 9.48.